The summed E-state index contributed by atoms with van der Waals surface area (Å²) in [4.78, 5) is 47.6. The minimum atomic E-state index is -4.01. The van der Waals surface area contributed by atoms with E-state index in [0.717, 1.165) is 4.90 Å². The molecule has 0 spiro atoms. The SMILES string of the molecule is CN(C)c1nc(C([N+](=O)[O-])([N+](=O)[O-])[N+](=O)[O-])[nH]c(=O)n1. The number of H-pyrrole nitrogens is 1. The third kappa shape index (κ3) is 2.08. The zero-order valence-corrected chi connectivity index (χ0v) is 10.0. The van der Waals surface area contributed by atoms with Gasteiger partial charge in [-0.25, -0.2) is 4.79 Å². The van der Waals surface area contributed by atoms with Gasteiger partial charge in [-0.2, -0.15) is 9.97 Å². The van der Waals surface area contributed by atoms with E-state index in [1.807, 2.05) is 0 Å². The predicted octanol–water partition coefficient (Wildman–Crippen LogP) is -1.83. The molecule has 0 saturated carbocycles. The van der Waals surface area contributed by atoms with Crippen LogP contribution in [-0.4, -0.2) is 43.8 Å². The minimum absolute atomic E-state index is 0.446. The molecule has 0 aromatic carbocycles. The first-order chi connectivity index (χ1) is 9.13. The second-order valence-corrected chi connectivity index (χ2v) is 3.60. The summed E-state index contributed by atoms with van der Waals surface area (Å²) in [5, 5.41) is 32.5. The first kappa shape index (κ1) is 14.9. The first-order valence-corrected chi connectivity index (χ1v) is 4.73. The Balaban J connectivity index is 3.75. The van der Waals surface area contributed by atoms with E-state index in [1.165, 1.54) is 14.1 Å². The van der Waals surface area contributed by atoms with E-state index >= 15 is 0 Å². The summed E-state index contributed by atoms with van der Waals surface area (Å²) in [5.74, 6) is -5.80. The molecule has 0 unspecified atom stereocenters. The van der Waals surface area contributed by atoms with Crippen molar-refractivity contribution < 1.29 is 14.8 Å². The van der Waals surface area contributed by atoms with E-state index in [4.69, 9.17) is 0 Å². The van der Waals surface area contributed by atoms with Gasteiger partial charge in [-0.1, -0.05) is 0 Å². The lowest BCUT2D eigenvalue weighted by Crippen LogP contribution is -2.52. The van der Waals surface area contributed by atoms with Crippen LogP contribution in [-0.2, 0) is 5.79 Å². The molecule has 0 aliphatic heterocycles. The van der Waals surface area contributed by atoms with Crippen LogP contribution in [0.3, 0.4) is 0 Å². The molecule has 1 heterocycles. The molecule has 14 heteroatoms. The fourth-order valence-corrected chi connectivity index (χ4v) is 1.19. The van der Waals surface area contributed by atoms with Crippen molar-refractivity contribution in [3.8, 4) is 0 Å². The average Bonchev–Trinajstić information content (AvgIpc) is 2.26. The monoisotopic (exact) mass is 289 g/mol. The first-order valence-electron chi connectivity index (χ1n) is 4.73. The molecule has 1 N–H and O–H groups in total. The Kier molecular flexibility index (Phi) is 3.59. The number of nitrogens with one attached hydrogen (secondary N) is 1. The molecule has 0 fully saturated rings. The van der Waals surface area contributed by atoms with Gasteiger partial charge in [-0.05, 0) is 0 Å². The van der Waals surface area contributed by atoms with E-state index in [0.29, 0.717) is 0 Å². The van der Waals surface area contributed by atoms with Gasteiger partial charge in [0.15, 0.2) is 14.8 Å². The zero-order valence-electron chi connectivity index (χ0n) is 10.0. The predicted molar refractivity (Wildman–Crippen MR) is 59.6 cm³/mol. The van der Waals surface area contributed by atoms with Crippen LogP contribution in [0, 0.1) is 30.3 Å². The van der Waals surface area contributed by atoms with Crippen molar-refractivity contribution in [3.63, 3.8) is 0 Å². The quantitative estimate of drug-likeness (QED) is 0.366. The van der Waals surface area contributed by atoms with E-state index < -0.39 is 38.0 Å². The standard InChI is InChI=1S/C6H7N7O7/c1-10(2)4-7-3(8-5(14)9-4)6(11(15)16,12(17)18)13(19)20/h1-2H3,(H,7,8,9,14). The Morgan fingerprint density at radius 2 is 1.50 bits per heavy atom. The number of hydrogen-bond acceptors (Lipinski definition) is 10. The molecule has 1 aromatic heterocycles. The maximum atomic E-state index is 11.2. The highest BCUT2D eigenvalue weighted by Crippen LogP contribution is 2.23. The smallest absolute Gasteiger partial charge is 0.347 e. The van der Waals surface area contributed by atoms with Gasteiger partial charge >= 0.3 is 17.3 Å². The van der Waals surface area contributed by atoms with Crippen molar-refractivity contribution in [1.82, 2.24) is 15.0 Å². The second kappa shape index (κ2) is 4.82. The van der Waals surface area contributed by atoms with Crippen LogP contribution in [0.25, 0.3) is 0 Å². The van der Waals surface area contributed by atoms with Gasteiger partial charge in [0.05, 0.1) is 0 Å². The average molecular weight is 289 g/mol. The van der Waals surface area contributed by atoms with Gasteiger partial charge in [0, 0.05) is 14.1 Å². The van der Waals surface area contributed by atoms with Gasteiger partial charge in [-0.3, -0.25) is 35.3 Å². The third-order valence-electron chi connectivity index (χ3n) is 2.12. The van der Waals surface area contributed by atoms with Crippen molar-refractivity contribution >= 4 is 5.95 Å². The number of aromatic amines is 1. The summed E-state index contributed by atoms with van der Waals surface area (Å²) < 4.78 is 0. The number of anilines is 1. The summed E-state index contributed by atoms with van der Waals surface area (Å²) in [6.45, 7) is 0. The Labute approximate surface area is 108 Å². The van der Waals surface area contributed by atoms with Crippen LogP contribution in [0.4, 0.5) is 5.95 Å². The van der Waals surface area contributed by atoms with Crippen LogP contribution < -0.4 is 10.6 Å². The summed E-state index contributed by atoms with van der Waals surface area (Å²) in [5.41, 5.74) is -1.24. The molecule has 108 valence electrons. The van der Waals surface area contributed by atoms with Crippen LogP contribution in [0.2, 0.25) is 0 Å². The van der Waals surface area contributed by atoms with Crippen LogP contribution in [0.1, 0.15) is 5.82 Å². The highest BCUT2D eigenvalue weighted by molar-refractivity contribution is 5.25. The van der Waals surface area contributed by atoms with Crippen molar-refractivity contribution in [1.29, 1.82) is 0 Å². The van der Waals surface area contributed by atoms with E-state index in [1.54, 1.807) is 4.98 Å². The molecule has 0 bridgehead atoms. The molecule has 0 radical (unpaired) electrons. The summed E-state index contributed by atoms with van der Waals surface area (Å²) in [6.07, 6.45) is 0. The summed E-state index contributed by atoms with van der Waals surface area (Å²) >= 11 is 0. The van der Waals surface area contributed by atoms with Crippen molar-refractivity contribution in [2.45, 2.75) is 5.79 Å². The molecule has 0 aliphatic carbocycles. The number of nitrogens with zero attached hydrogens (tertiary/aromatic N) is 6. The van der Waals surface area contributed by atoms with Gasteiger partial charge in [0.2, 0.25) is 5.95 Å². The summed E-state index contributed by atoms with van der Waals surface area (Å²) in [6, 6.07) is 0. The van der Waals surface area contributed by atoms with Gasteiger partial charge in [-0.15, -0.1) is 0 Å². The lowest BCUT2D eigenvalue weighted by Gasteiger charge is -2.11. The molecule has 14 nitrogen and oxygen atoms in total. The van der Waals surface area contributed by atoms with E-state index in [-0.39, 0.29) is 0 Å². The molecule has 0 amide bonds. The number of rotatable bonds is 5. The van der Waals surface area contributed by atoms with Crippen molar-refractivity contribution in [2.24, 2.45) is 0 Å². The molecule has 1 aromatic rings. The summed E-state index contributed by atoms with van der Waals surface area (Å²) in [7, 11) is 2.68. The lowest BCUT2D eigenvalue weighted by atomic mass is 10.3. The fraction of sp³-hybridized carbons (Fsp3) is 0.500. The molecule has 20 heavy (non-hydrogen) atoms. The highest BCUT2D eigenvalue weighted by Gasteiger charge is 2.75. The Morgan fingerprint density at radius 3 is 1.85 bits per heavy atom. The fourth-order valence-electron chi connectivity index (χ4n) is 1.19. The van der Waals surface area contributed by atoms with E-state index in [9.17, 15) is 35.1 Å². The number of hydrogen-bond donors (Lipinski definition) is 1. The molecule has 1 rings (SSSR count). The Morgan fingerprint density at radius 1 is 1.05 bits per heavy atom. The topological polar surface area (TPSA) is 191 Å². The molecule has 0 atom stereocenters. The van der Waals surface area contributed by atoms with Crippen LogP contribution in [0.5, 0.6) is 0 Å². The van der Waals surface area contributed by atoms with Crippen LogP contribution in [0.15, 0.2) is 4.79 Å². The molecule has 0 aliphatic rings. The third-order valence-corrected chi connectivity index (χ3v) is 2.12. The van der Waals surface area contributed by atoms with Gasteiger partial charge in [0.1, 0.15) is 0 Å². The second-order valence-electron chi connectivity index (χ2n) is 3.60. The molecular weight excluding hydrogens is 282 g/mol. The molecular formula is C6H7N7O7. The van der Waals surface area contributed by atoms with E-state index in [2.05, 4.69) is 9.97 Å². The Bertz CT molecular complexity index is 601. The van der Waals surface area contributed by atoms with Gasteiger partial charge in [0.25, 0.3) is 0 Å². The van der Waals surface area contributed by atoms with Gasteiger partial charge < -0.3 is 4.90 Å². The minimum Gasteiger partial charge on any atom is -0.347 e. The van der Waals surface area contributed by atoms with Crippen LogP contribution >= 0.6 is 0 Å². The molecule has 0 saturated heterocycles. The number of nitro groups is 3. The number of aromatic nitrogens is 3. The maximum absolute atomic E-state index is 11.2. The highest BCUT2D eigenvalue weighted by atomic mass is 16.7. The van der Waals surface area contributed by atoms with Crippen molar-refractivity contribution in [2.75, 3.05) is 19.0 Å². The maximum Gasteiger partial charge on any atom is 0.761 e. The van der Waals surface area contributed by atoms with Crippen molar-refractivity contribution in [3.05, 3.63) is 46.7 Å². The normalized spacial score (nSPS) is 10.9. The Hall–Kier alpha value is -3.19. The zero-order chi connectivity index (χ0) is 15.7. The lowest BCUT2D eigenvalue weighted by molar-refractivity contribution is -0.987. The largest absolute Gasteiger partial charge is 0.761 e.